The van der Waals surface area contributed by atoms with Crippen LogP contribution >= 0.6 is 11.6 Å². The summed E-state index contributed by atoms with van der Waals surface area (Å²) in [6, 6.07) is 4.61. The van der Waals surface area contributed by atoms with Gasteiger partial charge in [-0.25, -0.2) is 4.98 Å². The Morgan fingerprint density at radius 2 is 1.85 bits per heavy atom. The quantitative estimate of drug-likeness (QED) is 0.516. The van der Waals surface area contributed by atoms with E-state index in [-0.39, 0.29) is 28.6 Å². The molecule has 1 aliphatic heterocycles. The molecule has 3 aromatic rings. The van der Waals surface area contributed by atoms with Gasteiger partial charge in [0.05, 0.1) is 22.6 Å². The second kappa shape index (κ2) is 9.38. The van der Waals surface area contributed by atoms with Gasteiger partial charge in [-0.3, -0.25) is 19.6 Å². The molecule has 1 saturated heterocycles. The second-order valence-corrected chi connectivity index (χ2v) is 8.32. The van der Waals surface area contributed by atoms with Crippen molar-refractivity contribution in [1.82, 2.24) is 19.3 Å². The monoisotopic (exact) mass is 478 g/mol. The lowest BCUT2D eigenvalue weighted by Gasteiger charge is -2.21. The zero-order valence-corrected chi connectivity index (χ0v) is 18.4. The highest BCUT2D eigenvalue weighted by atomic mass is 35.5. The Morgan fingerprint density at radius 1 is 1.12 bits per heavy atom. The number of anilines is 1. The summed E-state index contributed by atoms with van der Waals surface area (Å²) in [5, 5.41) is 11.4. The maximum Gasteiger partial charge on any atom is 0.405 e. The van der Waals surface area contributed by atoms with Crippen LogP contribution in [-0.4, -0.2) is 56.7 Å². The molecule has 0 unspecified atom stereocenters. The molecule has 0 saturated carbocycles. The normalized spacial score (nSPS) is 14.8. The van der Waals surface area contributed by atoms with Crippen LogP contribution in [0.25, 0.3) is 5.65 Å². The van der Waals surface area contributed by atoms with E-state index >= 15 is 0 Å². The SMILES string of the molecule is N=C(c1cnc(C(=O)N2CCCCCC2)cc1NCC(F)(F)F)c1cnc2ccc(Cl)cn12. The average Bonchev–Trinajstić information content (AvgIpc) is 3.00. The number of amides is 1. The zero-order chi connectivity index (χ0) is 23.6. The van der Waals surface area contributed by atoms with Crippen LogP contribution in [0.2, 0.25) is 5.02 Å². The van der Waals surface area contributed by atoms with Gasteiger partial charge >= 0.3 is 6.18 Å². The lowest BCUT2D eigenvalue weighted by atomic mass is 10.1. The summed E-state index contributed by atoms with van der Waals surface area (Å²) in [4.78, 5) is 23.1. The molecule has 0 aliphatic carbocycles. The average molecular weight is 479 g/mol. The highest BCUT2D eigenvalue weighted by Crippen LogP contribution is 2.25. The van der Waals surface area contributed by atoms with Crippen LogP contribution in [0.5, 0.6) is 0 Å². The number of carbonyl (C=O) groups excluding carboxylic acids is 1. The predicted octanol–water partition coefficient (Wildman–Crippen LogP) is 4.79. The summed E-state index contributed by atoms with van der Waals surface area (Å²) in [6.07, 6.45) is 3.63. The van der Waals surface area contributed by atoms with E-state index in [1.54, 1.807) is 27.6 Å². The van der Waals surface area contributed by atoms with Crippen molar-refractivity contribution >= 4 is 34.6 Å². The number of pyridine rings is 2. The summed E-state index contributed by atoms with van der Waals surface area (Å²) in [5.74, 6) is -0.327. The molecule has 3 aromatic heterocycles. The van der Waals surface area contributed by atoms with E-state index < -0.39 is 12.7 Å². The third kappa shape index (κ3) is 5.27. The van der Waals surface area contributed by atoms with E-state index in [0.29, 0.717) is 29.5 Å². The largest absolute Gasteiger partial charge is 0.405 e. The van der Waals surface area contributed by atoms with Crippen LogP contribution in [0, 0.1) is 5.41 Å². The molecule has 33 heavy (non-hydrogen) atoms. The van der Waals surface area contributed by atoms with E-state index in [2.05, 4.69) is 15.3 Å². The van der Waals surface area contributed by atoms with Gasteiger partial charge in [0.1, 0.15) is 17.9 Å². The molecule has 0 aromatic carbocycles. The summed E-state index contributed by atoms with van der Waals surface area (Å²) in [5.41, 5.74) is 0.923. The van der Waals surface area contributed by atoms with Crippen LogP contribution in [0.4, 0.5) is 18.9 Å². The molecule has 0 atom stereocenters. The van der Waals surface area contributed by atoms with Gasteiger partial charge in [-0.1, -0.05) is 24.4 Å². The van der Waals surface area contributed by atoms with Crippen molar-refractivity contribution in [3.05, 3.63) is 58.8 Å². The number of halogens is 4. The van der Waals surface area contributed by atoms with Crippen molar-refractivity contribution in [3.8, 4) is 0 Å². The van der Waals surface area contributed by atoms with Crippen molar-refractivity contribution < 1.29 is 18.0 Å². The van der Waals surface area contributed by atoms with Crippen molar-refractivity contribution in [2.75, 3.05) is 25.0 Å². The van der Waals surface area contributed by atoms with Gasteiger partial charge in [0, 0.05) is 36.7 Å². The first-order valence-electron chi connectivity index (χ1n) is 10.5. The lowest BCUT2D eigenvalue weighted by molar-refractivity contribution is -0.115. The molecule has 7 nitrogen and oxygen atoms in total. The van der Waals surface area contributed by atoms with Crippen LogP contribution in [0.15, 0.2) is 36.8 Å². The van der Waals surface area contributed by atoms with Crippen LogP contribution < -0.4 is 5.32 Å². The van der Waals surface area contributed by atoms with Gasteiger partial charge in [-0.15, -0.1) is 0 Å². The van der Waals surface area contributed by atoms with Gasteiger partial charge in [-0.2, -0.15) is 13.2 Å². The van der Waals surface area contributed by atoms with Gasteiger partial charge in [0.25, 0.3) is 5.91 Å². The molecule has 0 bridgehead atoms. The number of fused-ring (bicyclic) bond motifs is 1. The first-order chi connectivity index (χ1) is 15.7. The Bertz CT molecular complexity index is 1180. The molecule has 1 aliphatic rings. The Morgan fingerprint density at radius 3 is 2.55 bits per heavy atom. The number of imidazole rings is 1. The third-order valence-electron chi connectivity index (χ3n) is 5.49. The number of nitrogens with one attached hydrogen (secondary N) is 2. The number of aromatic nitrogens is 3. The predicted molar refractivity (Wildman–Crippen MR) is 119 cm³/mol. The van der Waals surface area contributed by atoms with Crippen molar-refractivity contribution in [2.45, 2.75) is 31.9 Å². The minimum absolute atomic E-state index is 0.00229. The number of alkyl halides is 3. The molecule has 174 valence electrons. The Balaban J connectivity index is 1.70. The number of carbonyl (C=O) groups is 1. The van der Waals surface area contributed by atoms with Crippen LogP contribution in [-0.2, 0) is 0 Å². The van der Waals surface area contributed by atoms with Crippen LogP contribution in [0.1, 0.15) is 47.4 Å². The fourth-order valence-corrected chi connectivity index (χ4v) is 3.99. The van der Waals surface area contributed by atoms with Gasteiger partial charge < -0.3 is 10.2 Å². The molecular formula is C22H22ClF3N6O. The van der Waals surface area contributed by atoms with E-state index in [9.17, 15) is 18.0 Å². The number of hydrogen-bond donors (Lipinski definition) is 2. The summed E-state index contributed by atoms with van der Waals surface area (Å²) < 4.78 is 40.5. The van der Waals surface area contributed by atoms with E-state index in [1.165, 1.54) is 18.5 Å². The number of likely N-dealkylation sites (tertiary alicyclic amines) is 1. The second-order valence-electron chi connectivity index (χ2n) is 7.88. The molecule has 1 fully saturated rings. The number of nitrogens with zero attached hydrogens (tertiary/aromatic N) is 4. The highest BCUT2D eigenvalue weighted by Gasteiger charge is 2.28. The van der Waals surface area contributed by atoms with Gasteiger partial charge in [0.15, 0.2) is 0 Å². The van der Waals surface area contributed by atoms with Gasteiger partial charge in [0.2, 0.25) is 0 Å². The topological polar surface area (TPSA) is 86.4 Å². The summed E-state index contributed by atoms with van der Waals surface area (Å²) in [6.45, 7) is -0.133. The van der Waals surface area contributed by atoms with Crippen molar-refractivity contribution in [3.63, 3.8) is 0 Å². The smallest absolute Gasteiger partial charge is 0.376 e. The number of rotatable bonds is 5. The summed E-state index contributed by atoms with van der Waals surface area (Å²) >= 11 is 6.06. The molecule has 2 N–H and O–H groups in total. The zero-order valence-electron chi connectivity index (χ0n) is 17.6. The molecule has 0 spiro atoms. The maximum absolute atomic E-state index is 13.0. The first kappa shape index (κ1) is 23.0. The Kier molecular flexibility index (Phi) is 6.55. The molecule has 11 heteroatoms. The molecule has 4 heterocycles. The minimum Gasteiger partial charge on any atom is -0.376 e. The minimum atomic E-state index is -4.48. The van der Waals surface area contributed by atoms with E-state index in [0.717, 1.165) is 25.7 Å². The molecular weight excluding hydrogens is 457 g/mol. The number of hydrogen-bond acceptors (Lipinski definition) is 5. The van der Waals surface area contributed by atoms with E-state index in [1.807, 2.05) is 0 Å². The summed E-state index contributed by atoms with van der Waals surface area (Å²) in [7, 11) is 0. The molecule has 0 radical (unpaired) electrons. The fraction of sp³-hybridized carbons (Fsp3) is 0.364. The van der Waals surface area contributed by atoms with E-state index in [4.69, 9.17) is 17.0 Å². The fourth-order valence-electron chi connectivity index (χ4n) is 3.83. The lowest BCUT2D eigenvalue weighted by Crippen LogP contribution is -2.32. The standard InChI is InChI=1S/C22H22ClF3N6O/c23-14-5-6-19-29-11-18(32(19)12-14)20(27)15-10-28-17(9-16(15)30-13-22(24,25)26)21(33)31-7-3-1-2-4-8-31/h5-6,9-12,27H,1-4,7-8,13H2,(H,28,30). The van der Waals surface area contributed by atoms with Gasteiger partial charge in [-0.05, 0) is 31.0 Å². The molecule has 1 amide bonds. The van der Waals surface area contributed by atoms with Crippen LogP contribution in [0.3, 0.4) is 0 Å². The Hall–Kier alpha value is -3.14. The van der Waals surface area contributed by atoms with Crippen molar-refractivity contribution in [1.29, 1.82) is 5.41 Å². The first-order valence-corrected chi connectivity index (χ1v) is 10.9. The highest BCUT2D eigenvalue weighted by molar-refractivity contribution is 6.30. The third-order valence-corrected chi connectivity index (χ3v) is 5.71. The van der Waals surface area contributed by atoms with Crippen molar-refractivity contribution in [2.24, 2.45) is 0 Å². The maximum atomic E-state index is 13.0. The Labute approximate surface area is 193 Å². The molecule has 4 rings (SSSR count).